The Morgan fingerprint density at radius 3 is 2.71 bits per heavy atom. The molecule has 0 aliphatic heterocycles. The lowest BCUT2D eigenvalue weighted by Crippen LogP contribution is -2.14. The summed E-state index contributed by atoms with van der Waals surface area (Å²) in [5.41, 5.74) is -0.333. The van der Waals surface area contributed by atoms with Crippen molar-refractivity contribution in [3.63, 3.8) is 0 Å². The Bertz CT molecular complexity index is 325. The number of aliphatic carboxylic acids is 1. The molecule has 14 heavy (non-hydrogen) atoms. The van der Waals surface area contributed by atoms with Gasteiger partial charge in [-0.2, -0.15) is 0 Å². The van der Waals surface area contributed by atoms with Crippen molar-refractivity contribution in [3.8, 4) is 0 Å². The zero-order chi connectivity index (χ0) is 10.6. The average Bonchev–Trinajstić information content (AvgIpc) is 2.18. The van der Waals surface area contributed by atoms with Gasteiger partial charge in [0, 0.05) is 4.90 Å². The Labute approximate surface area is 86.8 Å². The molecule has 0 saturated heterocycles. The predicted molar refractivity (Wildman–Crippen MR) is 55.3 cm³/mol. The van der Waals surface area contributed by atoms with Crippen LogP contribution in [0, 0.1) is 0 Å². The normalized spacial score (nSPS) is 12.4. The Hall–Kier alpha value is -1.00. The van der Waals surface area contributed by atoms with Crippen molar-refractivity contribution in [2.45, 2.75) is 23.7 Å². The van der Waals surface area contributed by atoms with Gasteiger partial charge in [-0.05, 0) is 18.1 Å². The summed E-state index contributed by atoms with van der Waals surface area (Å²) in [6.07, 6.45) is 0.829. The second kappa shape index (κ2) is 5.02. The molecule has 1 aromatic carbocycles. The SMILES string of the molecule is CCc1ccccc1SC(O)C(=O)O. The number of carboxylic acids is 1. The van der Waals surface area contributed by atoms with E-state index in [9.17, 15) is 4.79 Å². The van der Waals surface area contributed by atoms with Gasteiger partial charge in [0.15, 0.2) is 0 Å². The van der Waals surface area contributed by atoms with Gasteiger partial charge >= 0.3 is 5.97 Å². The molecule has 4 heteroatoms. The largest absolute Gasteiger partial charge is 0.479 e. The summed E-state index contributed by atoms with van der Waals surface area (Å²) in [6.45, 7) is 1.99. The molecule has 0 spiro atoms. The van der Waals surface area contributed by atoms with Crippen LogP contribution in [0.15, 0.2) is 29.2 Å². The topological polar surface area (TPSA) is 57.5 Å². The summed E-state index contributed by atoms with van der Waals surface area (Å²) in [6, 6.07) is 7.47. The van der Waals surface area contributed by atoms with E-state index in [-0.39, 0.29) is 0 Å². The standard InChI is InChI=1S/C10H12O3S/c1-2-7-5-3-4-6-8(7)14-10(13)9(11)12/h3-6,10,13H,2H2,1H3,(H,11,12). The van der Waals surface area contributed by atoms with Crippen LogP contribution < -0.4 is 0 Å². The van der Waals surface area contributed by atoms with Crippen LogP contribution in [0.2, 0.25) is 0 Å². The van der Waals surface area contributed by atoms with Crippen molar-refractivity contribution in [2.75, 3.05) is 0 Å². The van der Waals surface area contributed by atoms with Gasteiger partial charge in [-0.1, -0.05) is 36.9 Å². The first-order chi connectivity index (χ1) is 6.65. The third kappa shape index (κ3) is 2.75. The zero-order valence-corrected chi connectivity index (χ0v) is 8.62. The Kier molecular flexibility index (Phi) is 3.98. The number of aliphatic hydroxyl groups excluding tert-OH is 1. The van der Waals surface area contributed by atoms with Crippen LogP contribution in [-0.4, -0.2) is 21.6 Å². The first-order valence-electron chi connectivity index (χ1n) is 4.30. The molecule has 0 bridgehead atoms. The monoisotopic (exact) mass is 212 g/mol. The lowest BCUT2D eigenvalue weighted by molar-refractivity contribution is -0.141. The molecule has 0 radical (unpaired) electrons. The summed E-state index contributed by atoms with van der Waals surface area (Å²) in [5.74, 6) is -1.21. The second-order valence-corrected chi connectivity index (χ2v) is 3.89. The Morgan fingerprint density at radius 1 is 1.50 bits per heavy atom. The van der Waals surface area contributed by atoms with Crippen LogP contribution in [0.4, 0.5) is 0 Å². The quantitative estimate of drug-likeness (QED) is 0.589. The van der Waals surface area contributed by atoms with Crippen molar-refractivity contribution < 1.29 is 15.0 Å². The number of thioether (sulfide) groups is 1. The molecular formula is C10H12O3S. The molecule has 0 fully saturated rings. The van der Waals surface area contributed by atoms with Gasteiger partial charge < -0.3 is 10.2 Å². The molecule has 0 amide bonds. The number of benzene rings is 1. The summed E-state index contributed by atoms with van der Waals surface area (Å²) >= 11 is 0.959. The fourth-order valence-corrected chi connectivity index (χ4v) is 1.94. The highest BCUT2D eigenvalue weighted by Gasteiger charge is 2.15. The van der Waals surface area contributed by atoms with Crippen molar-refractivity contribution in [2.24, 2.45) is 0 Å². The Balaban J connectivity index is 2.80. The molecule has 0 saturated carbocycles. The summed E-state index contributed by atoms with van der Waals surface area (Å²) in [7, 11) is 0. The van der Waals surface area contributed by atoms with Gasteiger partial charge in [-0.25, -0.2) is 4.79 Å². The first kappa shape index (κ1) is 11.1. The van der Waals surface area contributed by atoms with Gasteiger partial charge in [0.25, 0.3) is 0 Å². The molecule has 0 aliphatic rings. The van der Waals surface area contributed by atoms with E-state index in [1.54, 1.807) is 0 Å². The van der Waals surface area contributed by atoms with Crippen molar-refractivity contribution in [1.29, 1.82) is 0 Å². The summed E-state index contributed by atoms with van der Waals surface area (Å²) in [4.78, 5) is 11.3. The number of rotatable bonds is 4. The maximum absolute atomic E-state index is 10.4. The fraction of sp³-hybridized carbons (Fsp3) is 0.300. The van der Waals surface area contributed by atoms with Crippen molar-refractivity contribution >= 4 is 17.7 Å². The molecule has 2 N–H and O–H groups in total. The Morgan fingerprint density at radius 2 is 2.14 bits per heavy atom. The van der Waals surface area contributed by atoms with E-state index in [4.69, 9.17) is 10.2 Å². The van der Waals surface area contributed by atoms with Gasteiger partial charge in [0.2, 0.25) is 5.44 Å². The third-order valence-electron chi connectivity index (χ3n) is 1.80. The minimum Gasteiger partial charge on any atom is -0.479 e. The van der Waals surface area contributed by atoms with Crippen LogP contribution in [0.1, 0.15) is 12.5 Å². The minimum absolute atomic E-state index is 0.824. The van der Waals surface area contributed by atoms with E-state index in [0.717, 1.165) is 28.6 Å². The van der Waals surface area contributed by atoms with E-state index in [1.165, 1.54) is 0 Å². The van der Waals surface area contributed by atoms with E-state index in [1.807, 2.05) is 31.2 Å². The van der Waals surface area contributed by atoms with Crippen LogP contribution in [0.25, 0.3) is 0 Å². The van der Waals surface area contributed by atoms with Gasteiger partial charge in [-0.15, -0.1) is 0 Å². The molecule has 0 aromatic heterocycles. The van der Waals surface area contributed by atoms with Crippen LogP contribution in [0.3, 0.4) is 0 Å². The highest BCUT2D eigenvalue weighted by atomic mass is 32.2. The van der Waals surface area contributed by atoms with Crippen LogP contribution in [-0.2, 0) is 11.2 Å². The number of aryl methyl sites for hydroxylation is 1. The molecular weight excluding hydrogens is 200 g/mol. The molecule has 1 unspecified atom stereocenters. The molecule has 1 aromatic rings. The van der Waals surface area contributed by atoms with Crippen molar-refractivity contribution in [3.05, 3.63) is 29.8 Å². The molecule has 0 heterocycles. The predicted octanol–water partition coefficient (Wildman–Crippen LogP) is 1.74. The van der Waals surface area contributed by atoms with Crippen LogP contribution >= 0.6 is 11.8 Å². The first-order valence-corrected chi connectivity index (χ1v) is 5.18. The smallest absolute Gasteiger partial charge is 0.343 e. The van der Waals surface area contributed by atoms with Gasteiger partial charge in [-0.3, -0.25) is 0 Å². The van der Waals surface area contributed by atoms with Gasteiger partial charge in [0.1, 0.15) is 0 Å². The number of carboxylic acid groups (broad SMARTS) is 1. The van der Waals surface area contributed by atoms with E-state index in [2.05, 4.69) is 0 Å². The lowest BCUT2D eigenvalue weighted by atomic mass is 10.2. The maximum Gasteiger partial charge on any atom is 0.343 e. The molecule has 1 rings (SSSR count). The average molecular weight is 212 g/mol. The third-order valence-corrected chi connectivity index (χ3v) is 2.88. The number of hydrogen-bond acceptors (Lipinski definition) is 3. The highest BCUT2D eigenvalue weighted by Crippen LogP contribution is 2.26. The summed E-state index contributed by atoms with van der Waals surface area (Å²) in [5, 5.41) is 17.7. The molecule has 76 valence electrons. The number of hydrogen-bond donors (Lipinski definition) is 2. The van der Waals surface area contributed by atoms with E-state index < -0.39 is 11.4 Å². The maximum atomic E-state index is 10.4. The van der Waals surface area contributed by atoms with E-state index >= 15 is 0 Å². The minimum atomic E-state index is -1.39. The zero-order valence-electron chi connectivity index (χ0n) is 7.80. The lowest BCUT2D eigenvalue weighted by Gasteiger charge is -2.08. The number of aliphatic hydroxyl groups is 1. The van der Waals surface area contributed by atoms with E-state index in [0.29, 0.717) is 0 Å². The number of carbonyl (C=O) groups is 1. The molecule has 1 atom stereocenters. The van der Waals surface area contributed by atoms with Gasteiger partial charge in [0.05, 0.1) is 0 Å². The second-order valence-electron chi connectivity index (χ2n) is 2.77. The van der Waals surface area contributed by atoms with Crippen LogP contribution in [0.5, 0.6) is 0 Å². The molecule has 3 nitrogen and oxygen atoms in total. The fourth-order valence-electron chi connectivity index (χ4n) is 1.08. The molecule has 0 aliphatic carbocycles. The summed E-state index contributed by atoms with van der Waals surface area (Å²) < 4.78 is 0. The highest BCUT2D eigenvalue weighted by molar-refractivity contribution is 8.00. The van der Waals surface area contributed by atoms with Crippen molar-refractivity contribution in [1.82, 2.24) is 0 Å².